The van der Waals surface area contributed by atoms with Crippen LogP contribution in [0.1, 0.15) is 11.1 Å². The molecular formula is C16H15NO3S. The Morgan fingerprint density at radius 1 is 1.05 bits per heavy atom. The number of hydrogen-bond donors (Lipinski definition) is 1. The van der Waals surface area contributed by atoms with Crippen LogP contribution in [0.15, 0.2) is 47.4 Å². The molecule has 2 N–H and O–H groups in total. The molecule has 0 fully saturated rings. The summed E-state index contributed by atoms with van der Waals surface area (Å²) in [5.74, 6) is 1.17. The molecule has 4 nitrogen and oxygen atoms in total. The van der Waals surface area contributed by atoms with E-state index in [0.29, 0.717) is 32.6 Å². The van der Waals surface area contributed by atoms with Gasteiger partial charge in [-0.2, -0.15) is 0 Å². The first-order valence-electron chi connectivity index (χ1n) is 6.40. The van der Waals surface area contributed by atoms with E-state index in [-0.39, 0.29) is 0 Å². The SMILES string of the molecule is COc1cc(OC)c2c(c1)S(=O)C(c1ccccc1)=C2N. The molecule has 0 amide bonds. The predicted molar refractivity (Wildman–Crippen MR) is 83.4 cm³/mol. The Labute approximate surface area is 125 Å². The minimum Gasteiger partial charge on any atom is -0.497 e. The van der Waals surface area contributed by atoms with Gasteiger partial charge in [-0.25, -0.2) is 4.21 Å². The van der Waals surface area contributed by atoms with Gasteiger partial charge in [-0.05, 0) is 11.6 Å². The van der Waals surface area contributed by atoms with Crippen LogP contribution in [0.2, 0.25) is 0 Å². The van der Waals surface area contributed by atoms with Gasteiger partial charge in [0.05, 0.1) is 46.1 Å². The maximum absolute atomic E-state index is 12.8. The summed E-state index contributed by atoms with van der Waals surface area (Å²) in [6, 6.07) is 13.0. The van der Waals surface area contributed by atoms with Crippen molar-refractivity contribution in [2.24, 2.45) is 5.73 Å². The number of ether oxygens (including phenoxy) is 2. The van der Waals surface area contributed by atoms with Gasteiger partial charge in [0.25, 0.3) is 0 Å². The highest BCUT2D eigenvalue weighted by Gasteiger charge is 2.31. The lowest BCUT2D eigenvalue weighted by molar-refractivity contribution is 0.391. The van der Waals surface area contributed by atoms with E-state index < -0.39 is 10.8 Å². The van der Waals surface area contributed by atoms with Crippen molar-refractivity contribution in [3.05, 3.63) is 53.6 Å². The van der Waals surface area contributed by atoms with Crippen LogP contribution in [0.25, 0.3) is 10.6 Å². The Kier molecular flexibility index (Phi) is 3.43. The van der Waals surface area contributed by atoms with Gasteiger partial charge < -0.3 is 15.2 Å². The fourth-order valence-electron chi connectivity index (χ4n) is 2.43. The summed E-state index contributed by atoms with van der Waals surface area (Å²) >= 11 is 0. The van der Waals surface area contributed by atoms with Crippen molar-refractivity contribution in [3.63, 3.8) is 0 Å². The Morgan fingerprint density at radius 3 is 2.38 bits per heavy atom. The van der Waals surface area contributed by atoms with Crippen molar-refractivity contribution in [3.8, 4) is 11.5 Å². The quantitative estimate of drug-likeness (QED) is 0.946. The van der Waals surface area contributed by atoms with Gasteiger partial charge in [-0.15, -0.1) is 0 Å². The van der Waals surface area contributed by atoms with Crippen molar-refractivity contribution in [1.29, 1.82) is 0 Å². The number of hydrogen-bond acceptors (Lipinski definition) is 4. The topological polar surface area (TPSA) is 61.5 Å². The highest BCUT2D eigenvalue weighted by atomic mass is 32.2. The molecule has 1 aliphatic rings. The molecule has 5 heteroatoms. The molecule has 1 heterocycles. The van der Waals surface area contributed by atoms with E-state index in [1.54, 1.807) is 26.4 Å². The molecule has 108 valence electrons. The molecule has 1 unspecified atom stereocenters. The predicted octanol–water partition coefficient (Wildman–Crippen LogP) is 2.61. The van der Waals surface area contributed by atoms with Crippen molar-refractivity contribution in [2.45, 2.75) is 4.90 Å². The highest BCUT2D eigenvalue weighted by Crippen LogP contribution is 2.45. The third-order valence-electron chi connectivity index (χ3n) is 3.43. The zero-order chi connectivity index (χ0) is 15.0. The first-order valence-corrected chi connectivity index (χ1v) is 7.55. The van der Waals surface area contributed by atoms with E-state index in [4.69, 9.17) is 15.2 Å². The van der Waals surface area contributed by atoms with Gasteiger partial charge in [0, 0.05) is 6.07 Å². The number of methoxy groups -OCH3 is 2. The van der Waals surface area contributed by atoms with E-state index in [1.807, 2.05) is 30.3 Å². The van der Waals surface area contributed by atoms with Gasteiger partial charge in [0.15, 0.2) is 0 Å². The van der Waals surface area contributed by atoms with Crippen LogP contribution in [0, 0.1) is 0 Å². The molecule has 2 aromatic rings. The smallest absolute Gasteiger partial charge is 0.133 e. The van der Waals surface area contributed by atoms with Gasteiger partial charge in [-0.3, -0.25) is 0 Å². The summed E-state index contributed by atoms with van der Waals surface area (Å²) in [7, 11) is 1.78. The Balaban J connectivity index is 2.23. The molecule has 1 atom stereocenters. The number of nitrogens with two attached hydrogens (primary N) is 1. The van der Waals surface area contributed by atoms with Crippen LogP contribution in [0.5, 0.6) is 11.5 Å². The van der Waals surface area contributed by atoms with Gasteiger partial charge in [0.2, 0.25) is 0 Å². The molecule has 0 saturated carbocycles. The first kappa shape index (κ1) is 13.7. The number of benzene rings is 2. The Bertz CT molecular complexity index is 754. The van der Waals surface area contributed by atoms with Crippen LogP contribution >= 0.6 is 0 Å². The van der Waals surface area contributed by atoms with E-state index in [0.717, 1.165) is 5.56 Å². The second-order valence-electron chi connectivity index (χ2n) is 4.58. The van der Waals surface area contributed by atoms with Gasteiger partial charge >= 0.3 is 0 Å². The molecule has 0 radical (unpaired) electrons. The normalized spacial score (nSPS) is 16.8. The van der Waals surface area contributed by atoms with Crippen LogP contribution in [-0.2, 0) is 10.8 Å². The lowest BCUT2D eigenvalue weighted by atomic mass is 10.1. The summed E-state index contributed by atoms with van der Waals surface area (Å²) in [6.07, 6.45) is 0. The van der Waals surface area contributed by atoms with Crippen LogP contribution in [0.4, 0.5) is 0 Å². The second-order valence-corrected chi connectivity index (χ2v) is 5.97. The standard InChI is InChI=1S/C16H15NO3S/c1-19-11-8-12(20-2)14-13(9-11)21(18)16(15(14)17)10-6-4-3-5-7-10/h3-9H,17H2,1-2H3. The lowest BCUT2D eigenvalue weighted by Crippen LogP contribution is -1.99. The van der Waals surface area contributed by atoms with E-state index >= 15 is 0 Å². The molecule has 0 bridgehead atoms. The summed E-state index contributed by atoms with van der Waals surface area (Å²) in [5, 5.41) is 0. The Morgan fingerprint density at radius 2 is 1.76 bits per heavy atom. The van der Waals surface area contributed by atoms with Crippen LogP contribution in [0.3, 0.4) is 0 Å². The third-order valence-corrected chi connectivity index (χ3v) is 4.98. The first-order chi connectivity index (χ1) is 10.2. The number of rotatable bonds is 3. The fourth-order valence-corrected chi connectivity index (χ4v) is 3.92. The summed E-state index contributed by atoms with van der Waals surface area (Å²) in [4.78, 5) is 1.25. The zero-order valence-corrected chi connectivity index (χ0v) is 12.6. The molecule has 1 aliphatic heterocycles. The minimum atomic E-state index is -1.35. The van der Waals surface area contributed by atoms with Gasteiger partial charge in [0.1, 0.15) is 11.5 Å². The van der Waals surface area contributed by atoms with Crippen molar-refractivity contribution >= 4 is 21.4 Å². The van der Waals surface area contributed by atoms with Gasteiger partial charge in [-0.1, -0.05) is 30.3 Å². The zero-order valence-electron chi connectivity index (χ0n) is 11.8. The van der Waals surface area contributed by atoms with Crippen molar-refractivity contribution < 1.29 is 13.7 Å². The molecule has 0 saturated heterocycles. The Hall–Kier alpha value is -2.27. The second kappa shape index (κ2) is 5.26. The molecule has 0 aromatic heterocycles. The molecule has 21 heavy (non-hydrogen) atoms. The minimum absolute atomic E-state index is 0.494. The van der Waals surface area contributed by atoms with Crippen molar-refractivity contribution in [2.75, 3.05) is 14.2 Å². The van der Waals surface area contributed by atoms with Crippen LogP contribution < -0.4 is 15.2 Å². The highest BCUT2D eigenvalue weighted by molar-refractivity contribution is 7.95. The van der Waals surface area contributed by atoms with Crippen LogP contribution in [-0.4, -0.2) is 18.4 Å². The molecule has 3 rings (SSSR count). The molecule has 0 aliphatic carbocycles. The average Bonchev–Trinajstić information content (AvgIpc) is 2.78. The number of fused-ring (bicyclic) bond motifs is 1. The molecule has 2 aromatic carbocycles. The van der Waals surface area contributed by atoms with E-state index in [1.165, 1.54) is 0 Å². The molecular weight excluding hydrogens is 286 g/mol. The third kappa shape index (κ3) is 2.10. The largest absolute Gasteiger partial charge is 0.497 e. The lowest BCUT2D eigenvalue weighted by Gasteiger charge is -2.10. The summed E-state index contributed by atoms with van der Waals surface area (Å²) < 4.78 is 23.4. The molecule has 0 spiro atoms. The summed E-state index contributed by atoms with van der Waals surface area (Å²) in [6.45, 7) is 0. The van der Waals surface area contributed by atoms with E-state index in [9.17, 15) is 4.21 Å². The fraction of sp³-hybridized carbons (Fsp3) is 0.125. The summed E-state index contributed by atoms with van der Waals surface area (Å²) in [5.41, 5.74) is 8.28. The average molecular weight is 301 g/mol. The van der Waals surface area contributed by atoms with E-state index in [2.05, 4.69) is 0 Å². The maximum atomic E-state index is 12.8. The monoisotopic (exact) mass is 301 g/mol. The maximum Gasteiger partial charge on any atom is 0.133 e. The van der Waals surface area contributed by atoms with Crippen molar-refractivity contribution in [1.82, 2.24) is 0 Å².